The normalized spacial score (nSPS) is 13.7. The van der Waals surface area contributed by atoms with Gasteiger partial charge in [0, 0.05) is 23.0 Å². The molecule has 12 aromatic carbocycles. The Morgan fingerprint density at radius 1 is 0.350 bits per heavy atom. The third kappa shape index (κ3) is 8.66. The van der Waals surface area contributed by atoms with E-state index in [0.717, 1.165) is 30.5 Å². The maximum atomic E-state index is 4.28. The van der Waals surface area contributed by atoms with Crippen LogP contribution in [0, 0.1) is 0 Å². The van der Waals surface area contributed by atoms with Crippen LogP contribution in [0.2, 0.25) is 0 Å². The van der Waals surface area contributed by atoms with Crippen LogP contribution in [0.4, 0.5) is 17.1 Å². The molecule has 0 spiro atoms. The van der Waals surface area contributed by atoms with Gasteiger partial charge in [0.25, 0.3) is 0 Å². The second-order valence-corrected chi connectivity index (χ2v) is 22.0. The number of benzene rings is 12. The molecule has 0 aliphatic heterocycles. The van der Waals surface area contributed by atoms with Crippen molar-refractivity contribution in [3.8, 4) is 44.5 Å². The molecule has 0 N–H and O–H groups in total. The van der Waals surface area contributed by atoms with Crippen LogP contribution in [0.5, 0.6) is 0 Å². The summed E-state index contributed by atoms with van der Waals surface area (Å²) < 4.78 is 0. The molecule has 0 heterocycles. The van der Waals surface area contributed by atoms with E-state index in [-0.39, 0.29) is 5.92 Å². The molecular weight excluding hydrogens is 963 g/mol. The van der Waals surface area contributed by atoms with Gasteiger partial charge in [-0.25, -0.2) is 0 Å². The molecule has 0 radical (unpaired) electrons. The van der Waals surface area contributed by atoms with Crippen molar-refractivity contribution in [2.45, 2.75) is 57.3 Å². The Kier molecular flexibility index (Phi) is 13.0. The van der Waals surface area contributed by atoms with Gasteiger partial charge in [0.2, 0.25) is 0 Å². The summed E-state index contributed by atoms with van der Waals surface area (Å²) in [4.78, 5) is 2.46. The minimum Gasteiger partial charge on any atom is -0.310 e. The van der Waals surface area contributed by atoms with Crippen molar-refractivity contribution in [3.05, 3.63) is 307 Å². The predicted molar refractivity (Wildman–Crippen MR) is 343 cm³/mol. The summed E-state index contributed by atoms with van der Waals surface area (Å²) in [6.45, 7) is 8.37. The topological polar surface area (TPSA) is 3.24 Å². The van der Waals surface area contributed by atoms with Gasteiger partial charge < -0.3 is 4.90 Å². The van der Waals surface area contributed by atoms with Gasteiger partial charge in [-0.05, 0) is 214 Å². The Morgan fingerprint density at radius 3 is 1.31 bits per heavy atom. The zero-order valence-corrected chi connectivity index (χ0v) is 45.3. The zero-order valence-electron chi connectivity index (χ0n) is 45.3. The largest absolute Gasteiger partial charge is 0.310 e. The summed E-state index contributed by atoms with van der Waals surface area (Å²) in [5.74, 6) is 0.0499. The molecule has 1 unspecified atom stereocenters. The van der Waals surface area contributed by atoms with E-state index in [2.05, 4.69) is 261 Å². The van der Waals surface area contributed by atoms with Gasteiger partial charge in [-0.3, -0.25) is 0 Å². The number of nitrogens with zero attached hydrogens (tertiary/aromatic N) is 1. The smallest absolute Gasteiger partial charge is 0.0496 e. The van der Waals surface area contributed by atoms with E-state index in [1.54, 1.807) is 0 Å². The molecule has 384 valence electrons. The Hall–Kier alpha value is -9.30. The Labute approximate surface area is 471 Å². The molecule has 0 aromatic heterocycles. The lowest BCUT2D eigenvalue weighted by molar-refractivity contribution is 0.684. The second-order valence-electron chi connectivity index (χ2n) is 22.0. The van der Waals surface area contributed by atoms with Crippen LogP contribution >= 0.6 is 0 Å². The molecule has 2 aliphatic rings. The molecule has 0 fully saturated rings. The molecule has 80 heavy (non-hydrogen) atoms. The number of rotatable bonds is 12. The highest BCUT2D eigenvalue weighted by Gasteiger charge is 2.25. The average molecular weight is 1030 g/mol. The van der Waals surface area contributed by atoms with E-state index in [4.69, 9.17) is 0 Å². The van der Waals surface area contributed by atoms with E-state index in [0.29, 0.717) is 0 Å². The van der Waals surface area contributed by atoms with Crippen molar-refractivity contribution >= 4 is 60.2 Å². The van der Waals surface area contributed by atoms with E-state index in [1.807, 2.05) is 12.2 Å². The number of hydrogen-bond donors (Lipinski definition) is 0. The van der Waals surface area contributed by atoms with Gasteiger partial charge in [0.05, 0.1) is 0 Å². The molecule has 1 atom stereocenters. The summed E-state index contributed by atoms with van der Waals surface area (Å²) in [6, 6.07) is 89.1. The number of hydrogen-bond acceptors (Lipinski definition) is 1. The lowest BCUT2D eigenvalue weighted by atomic mass is 9.80. The molecule has 2 aliphatic carbocycles. The lowest BCUT2D eigenvalue weighted by Crippen LogP contribution is -2.15. The van der Waals surface area contributed by atoms with Crippen molar-refractivity contribution in [1.82, 2.24) is 0 Å². The van der Waals surface area contributed by atoms with Crippen LogP contribution in [0.1, 0.15) is 65.0 Å². The van der Waals surface area contributed by atoms with E-state index >= 15 is 0 Å². The van der Waals surface area contributed by atoms with Crippen molar-refractivity contribution < 1.29 is 0 Å². The summed E-state index contributed by atoms with van der Waals surface area (Å²) in [5.41, 5.74) is 23.1. The summed E-state index contributed by atoms with van der Waals surface area (Å²) in [7, 11) is 0. The maximum Gasteiger partial charge on any atom is 0.0496 e. The average Bonchev–Trinajstić information content (AvgIpc) is 3.57. The highest BCUT2D eigenvalue weighted by molar-refractivity contribution is 6.23. The van der Waals surface area contributed by atoms with Crippen LogP contribution in [-0.4, -0.2) is 0 Å². The third-order valence-corrected chi connectivity index (χ3v) is 17.5. The minimum absolute atomic E-state index is 0.0499. The Bertz CT molecular complexity index is 4270. The van der Waals surface area contributed by atoms with Crippen molar-refractivity contribution in [3.63, 3.8) is 0 Å². The third-order valence-electron chi connectivity index (χ3n) is 17.5. The van der Waals surface area contributed by atoms with Crippen LogP contribution in [0.15, 0.2) is 274 Å². The van der Waals surface area contributed by atoms with Crippen LogP contribution in [0.25, 0.3) is 87.6 Å². The van der Waals surface area contributed by atoms with Crippen molar-refractivity contribution in [2.75, 3.05) is 4.90 Å². The first-order valence-electron chi connectivity index (χ1n) is 28.8. The lowest BCUT2D eigenvalue weighted by Gasteiger charge is -2.30. The predicted octanol–water partition coefficient (Wildman–Crippen LogP) is 21.6. The highest BCUT2D eigenvalue weighted by atomic mass is 15.1. The fourth-order valence-electron chi connectivity index (χ4n) is 13.9. The number of allylic oxidation sites excluding steroid dienone is 4. The van der Waals surface area contributed by atoms with Crippen LogP contribution in [0.3, 0.4) is 0 Å². The summed E-state index contributed by atoms with van der Waals surface area (Å²) in [6.07, 6.45) is 15.6. The van der Waals surface area contributed by atoms with Gasteiger partial charge in [0.1, 0.15) is 0 Å². The fraction of sp³-hybridized carbons (Fsp3) is 0.114. The minimum atomic E-state index is 0.0499. The van der Waals surface area contributed by atoms with E-state index in [9.17, 15) is 0 Å². The molecular formula is C79H63N. The quantitative estimate of drug-likeness (QED) is 0.0871. The van der Waals surface area contributed by atoms with Crippen LogP contribution in [-0.2, 0) is 25.7 Å². The molecule has 0 saturated heterocycles. The standard InChI is InChI=1S/C79H63N/c1-3-22-53(4-2)75(62-46-41-54-23-8-9-25-59(54)51-62)56-42-44-57(45-43-56)76-66-32-12-16-36-70(66)78(71-37-17-13-33-67(71)76)60-27-20-28-61(52-60)79-72-38-18-14-34-68(72)77(69-35-15-19-39-73(69)79)58-47-49-64(50-48-58)80(63-29-6-5-7-30-63)74-40-21-26-55-24-10-11-31-65(55)74/h3-7,12-22,26-30,32-52,75H,1-2,8-11,23-25,31H2/b53-22+. The molecule has 0 saturated carbocycles. The summed E-state index contributed by atoms with van der Waals surface area (Å²) in [5, 5.41) is 9.93. The van der Waals surface area contributed by atoms with Gasteiger partial charge in [-0.2, -0.15) is 0 Å². The van der Waals surface area contributed by atoms with Gasteiger partial charge >= 0.3 is 0 Å². The number of anilines is 3. The Morgan fingerprint density at radius 2 is 0.787 bits per heavy atom. The van der Waals surface area contributed by atoms with Crippen LogP contribution < -0.4 is 4.90 Å². The molecule has 14 rings (SSSR count). The maximum absolute atomic E-state index is 4.28. The Balaban J connectivity index is 0.874. The number of para-hydroxylation sites is 1. The first kappa shape index (κ1) is 49.0. The first-order chi connectivity index (χ1) is 39.6. The SMILES string of the molecule is C=C/C=C(\C=C)C(c1ccc(-c2c3ccccc3c(-c3cccc(-c4c5ccccc5c(-c5ccc(N(c6ccccc6)c6cccc7c6CCCC7)cc5)c5ccccc45)c3)c3ccccc23)cc1)c1ccc2c(c1)CCCC2. The number of aryl methyl sites for hydroxylation is 3. The first-order valence-corrected chi connectivity index (χ1v) is 28.8. The van der Waals surface area contributed by atoms with Crippen molar-refractivity contribution in [1.29, 1.82) is 0 Å². The fourth-order valence-corrected chi connectivity index (χ4v) is 13.9. The molecule has 1 nitrogen and oxygen atoms in total. The van der Waals surface area contributed by atoms with Gasteiger partial charge in [-0.1, -0.05) is 232 Å². The zero-order chi connectivity index (χ0) is 53.5. The summed E-state index contributed by atoms with van der Waals surface area (Å²) >= 11 is 0. The highest BCUT2D eigenvalue weighted by Crippen LogP contribution is 2.49. The molecule has 0 amide bonds. The van der Waals surface area contributed by atoms with Crippen molar-refractivity contribution in [2.24, 2.45) is 0 Å². The molecule has 0 bridgehead atoms. The van der Waals surface area contributed by atoms with E-state index in [1.165, 1.54) is 164 Å². The van der Waals surface area contributed by atoms with Gasteiger partial charge in [-0.15, -0.1) is 0 Å². The van der Waals surface area contributed by atoms with Gasteiger partial charge in [0.15, 0.2) is 0 Å². The second kappa shape index (κ2) is 21.2. The molecule has 1 heteroatoms. The van der Waals surface area contributed by atoms with E-state index < -0.39 is 0 Å². The molecule has 12 aromatic rings. The number of fused-ring (bicyclic) bond motifs is 6. The monoisotopic (exact) mass is 1030 g/mol.